The van der Waals surface area contributed by atoms with Crippen LogP contribution in [-0.4, -0.2) is 21.6 Å². The van der Waals surface area contributed by atoms with E-state index in [0.717, 1.165) is 25.0 Å². The van der Waals surface area contributed by atoms with Crippen LogP contribution in [0.3, 0.4) is 0 Å². The Balaban J connectivity index is 2.13. The number of nitrogens with zero attached hydrogens (tertiary/aromatic N) is 3. The Labute approximate surface area is 131 Å². The molecular formula is C16H23N5O. The maximum absolute atomic E-state index is 6.12. The van der Waals surface area contributed by atoms with Gasteiger partial charge in [-0.1, -0.05) is 26.3 Å². The molecule has 2 rings (SSSR count). The summed E-state index contributed by atoms with van der Waals surface area (Å²) in [5, 5.41) is 3.22. The van der Waals surface area contributed by atoms with Crippen LogP contribution < -0.4 is 15.8 Å². The summed E-state index contributed by atoms with van der Waals surface area (Å²) in [7, 11) is 0. The van der Waals surface area contributed by atoms with Crippen molar-refractivity contribution in [3.8, 4) is 5.88 Å². The van der Waals surface area contributed by atoms with Gasteiger partial charge in [0.05, 0.1) is 18.8 Å². The molecule has 0 bridgehead atoms. The smallest absolute Gasteiger partial charge is 0.242 e. The average Bonchev–Trinajstić information content (AvgIpc) is 2.56. The molecule has 0 atom stereocenters. The van der Waals surface area contributed by atoms with E-state index >= 15 is 0 Å². The van der Waals surface area contributed by atoms with Crippen molar-refractivity contribution in [1.82, 2.24) is 15.0 Å². The fraction of sp³-hybridized carbons (Fsp3) is 0.438. The van der Waals surface area contributed by atoms with E-state index in [1.807, 2.05) is 25.1 Å². The van der Waals surface area contributed by atoms with Crippen molar-refractivity contribution in [2.45, 2.75) is 39.7 Å². The molecule has 118 valence electrons. The van der Waals surface area contributed by atoms with Crippen LogP contribution in [-0.2, 0) is 13.0 Å². The van der Waals surface area contributed by atoms with Gasteiger partial charge in [0.25, 0.3) is 0 Å². The van der Waals surface area contributed by atoms with Gasteiger partial charge in [-0.2, -0.15) is 4.98 Å². The summed E-state index contributed by atoms with van der Waals surface area (Å²) in [5.41, 5.74) is 7.49. The van der Waals surface area contributed by atoms with Gasteiger partial charge in [-0.3, -0.25) is 4.98 Å². The SMILES string of the molecule is CCCCOc1nc(CC)nc(NCc2ccccn2)c1N. The van der Waals surface area contributed by atoms with E-state index in [4.69, 9.17) is 10.5 Å². The summed E-state index contributed by atoms with van der Waals surface area (Å²) in [6.07, 6.45) is 4.53. The van der Waals surface area contributed by atoms with Crippen LogP contribution in [0, 0.1) is 0 Å². The molecule has 2 aromatic heterocycles. The number of aromatic nitrogens is 3. The highest BCUT2D eigenvalue weighted by Crippen LogP contribution is 2.26. The first-order valence-electron chi connectivity index (χ1n) is 7.67. The van der Waals surface area contributed by atoms with Gasteiger partial charge >= 0.3 is 0 Å². The minimum atomic E-state index is 0.448. The molecule has 0 unspecified atom stereocenters. The van der Waals surface area contributed by atoms with Crippen LogP contribution in [0.5, 0.6) is 5.88 Å². The van der Waals surface area contributed by atoms with E-state index in [1.165, 1.54) is 0 Å². The lowest BCUT2D eigenvalue weighted by atomic mass is 10.3. The molecule has 0 aliphatic rings. The Morgan fingerprint density at radius 3 is 2.77 bits per heavy atom. The number of rotatable bonds is 8. The van der Waals surface area contributed by atoms with Crippen molar-refractivity contribution in [2.24, 2.45) is 0 Å². The lowest BCUT2D eigenvalue weighted by Gasteiger charge is -2.13. The zero-order valence-corrected chi connectivity index (χ0v) is 13.2. The quantitative estimate of drug-likeness (QED) is 0.729. The topological polar surface area (TPSA) is 86.0 Å². The Bertz CT molecular complexity index is 589. The maximum Gasteiger partial charge on any atom is 0.242 e. The van der Waals surface area contributed by atoms with E-state index < -0.39 is 0 Å². The monoisotopic (exact) mass is 301 g/mol. The molecule has 3 N–H and O–H groups in total. The Morgan fingerprint density at radius 1 is 1.23 bits per heavy atom. The number of aryl methyl sites for hydroxylation is 1. The van der Waals surface area contributed by atoms with Gasteiger partial charge in [0, 0.05) is 12.6 Å². The van der Waals surface area contributed by atoms with Crippen molar-refractivity contribution in [2.75, 3.05) is 17.7 Å². The molecule has 2 heterocycles. The number of nitrogens with two attached hydrogens (primary N) is 1. The number of nitrogen functional groups attached to an aromatic ring is 1. The fourth-order valence-corrected chi connectivity index (χ4v) is 1.89. The van der Waals surface area contributed by atoms with Gasteiger partial charge in [0.15, 0.2) is 5.82 Å². The van der Waals surface area contributed by atoms with Crippen LogP contribution in [0.25, 0.3) is 0 Å². The van der Waals surface area contributed by atoms with E-state index in [0.29, 0.717) is 36.4 Å². The summed E-state index contributed by atoms with van der Waals surface area (Å²) in [6, 6.07) is 5.78. The minimum Gasteiger partial charge on any atom is -0.476 e. The van der Waals surface area contributed by atoms with Crippen molar-refractivity contribution < 1.29 is 4.74 Å². The van der Waals surface area contributed by atoms with Gasteiger partial charge in [-0.25, -0.2) is 4.98 Å². The van der Waals surface area contributed by atoms with E-state index in [1.54, 1.807) is 6.20 Å². The molecule has 0 fully saturated rings. The van der Waals surface area contributed by atoms with Crippen LogP contribution in [0.2, 0.25) is 0 Å². The highest BCUT2D eigenvalue weighted by atomic mass is 16.5. The van der Waals surface area contributed by atoms with Crippen LogP contribution in [0.15, 0.2) is 24.4 Å². The first-order valence-corrected chi connectivity index (χ1v) is 7.67. The third-order valence-electron chi connectivity index (χ3n) is 3.17. The highest BCUT2D eigenvalue weighted by Gasteiger charge is 2.12. The van der Waals surface area contributed by atoms with E-state index in [9.17, 15) is 0 Å². The number of hydrogen-bond acceptors (Lipinski definition) is 6. The van der Waals surface area contributed by atoms with Crippen molar-refractivity contribution >= 4 is 11.5 Å². The van der Waals surface area contributed by atoms with Gasteiger partial charge in [-0.15, -0.1) is 0 Å². The molecule has 6 heteroatoms. The fourth-order valence-electron chi connectivity index (χ4n) is 1.89. The predicted molar refractivity (Wildman–Crippen MR) is 87.8 cm³/mol. The third kappa shape index (κ3) is 4.31. The number of pyridine rings is 1. The summed E-state index contributed by atoms with van der Waals surface area (Å²) in [6.45, 7) is 5.29. The molecule has 0 aliphatic carbocycles. The molecule has 0 saturated carbocycles. The Kier molecular flexibility index (Phi) is 5.94. The molecule has 22 heavy (non-hydrogen) atoms. The molecule has 0 radical (unpaired) electrons. The summed E-state index contributed by atoms with van der Waals surface area (Å²) in [5.74, 6) is 1.78. The largest absolute Gasteiger partial charge is 0.476 e. The second-order valence-electron chi connectivity index (χ2n) is 4.94. The number of anilines is 2. The highest BCUT2D eigenvalue weighted by molar-refractivity contribution is 5.66. The molecule has 6 nitrogen and oxygen atoms in total. The van der Waals surface area contributed by atoms with Gasteiger partial charge in [-0.05, 0) is 18.6 Å². The minimum absolute atomic E-state index is 0.448. The summed E-state index contributed by atoms with van der Waals surface area (Å²) in [4.78, 5) is 13.1. The first kappa shape index (κ1) is 16.0. The molecule has 0 saturated heterocycles. The van der Waals surface area contributed by atoms with E-state index in [-0.39, 0.29) is 0 Å². The van der Waals surface area contributed by atoms with Crippen molar-refractivity contribution in [1.29, 1.82) is 0 Å². The van der Waals surface area contributed by atoms with Crippen molar-refractivity contribution in [3.63, 3.8) is 0 Å². The summed E-state index contributed by atoms with van der Waals surface area (Å²) >= 11 is 0. The first-order chi connectivity index (χ1) is 10.7. The Hall–Kier alpha value is -2.37. The molecule has 2 aromatic rings. The standard InChI is InChI=1S/C16H23N5O/c1-3-5-10-22-16-14(17)15(20-13(4-2)21-16)19-11-12-8-6-7-9-18-12/h6-9H,3-5,10-11,17H2,1-2H3,(H,19,20,21). The van der Waals surface area contributed by atoms with Crippen LogP contribution >= 0.6 is 0 Å². The second-order valence-corrected chi connectivity index (χ2v) is 4.94. The van der Waals surface area contributed by atoms with Crippen LogP contribution in [0.1, 0.15) is 38.2 Å². The number of nitrogens with one attached hydrogen (secondary N) is 1. The molecule has 0 aliphatic heterocycles. The van der Waals surface area contributed by atoms with Gasteiger partial charge in [0.1, 0.15) is 11.5 Å². The lowest BCUT2D eigenvalue weighted by molar-refractivity contribution is 0.298. The van der Waals surface area contributed by atoms with E-state index in [2.05, 4.69) is 27.2 Å². The molecule has 0 aromatic carbocycles. The predicted octanol–water partition coefficient (Wildman–Crippen LogP) is 2.81. The van der Waals surface area contributed by atoms with Gasteiger partial charge < -0.3 is 15.8 Å². The molecule has 0 amide bonds. The number of unbranched alkanes of at least 4 members (excludes halogenated alkanes) is 1. The normalized spacial score (nSPS) is 10.5. The average molecular weight is 301 g/mol. The lowest BCUT2D eigenvalue weighted by Crippen LogP contribution is -2.11. The van der Waals surface area contributed by atoms with Gasteiger partial charge in [0.2, 0.25) is 5.88 Å². The second kappa shape index (κ2) is 8.17. The third-order valence-corrected chi connectivity index (χ3v) is 3.17. The zero-order valence-electron chi connectivity index (χ0n) is 13.2. The maximum atomic E-state index is 6.12. The molecule has 0 spiro atoms. The number of hydrogen-bond donors (Lipinski definition) is 2. The van der Waals surface area contributed by atoms with Crippen molar-refractivity contribution in [3.05, 3.63) is 35.9 Å². The number of ether oxygens (including phenoxy) is 1. The molecular weight excluding hydrogens is 278 g/mol. The summed E-state index contributed by atoms with van der Waals surface area (Å²) < 4.78 is 5.68. The zero-order chi connectivity index (χ0) is 15.8. The van der Waals surface area contributed by atoms with Crippen LogP contribution in [0.4, 0.5) is 11.5 Å². The Morgan fingerprint density at radius 2 is 2.09 bits per heavy atom.